The summed E-state index contributed by atoms with van der Waals surface area (Å²) in [5, 5.41) is 12.6. The Hall–Kier alpha value is -2.87. The molecule has 0 unspecified atom stereocenters. The van der Waals surface area contributed by atoms with Crippen molar-refractivity contribution in [3.05, 3.63) is 105 Å². The summed E-state index contributed by atoms with van der Waals surface area (Å²) in [5.41, 5.74) is 3.70. The molecule has 0 aliphatic rings. The van der Waals surface area contributed by atoms with Crippen LogP contribution in [0.5, 0.6) is 0 Å². The fraction of sp³-hybridized carbons (Fsp3) is 0.0435. The molecule has 28 heavy (non-hydrogen) atoms. The van der Waals surface area contributed by atoms with Gasteiger partial charge < -0.3 is 5.32 Å². The van der Waals surface area contributed by atoms with E-state index in [2.05, 4.69) is 27.3 Å². The van der Waals surface area contributed by atoms with Gasteiger partial charge in [0.25, 0.3) is 5.91 Å². The Morgan fingerprint density at radius 1 is 1.07 bits per heavy atom. The summed E-state index contributed by atoms with van der Waals surface area (Å²) in [6.07, 6.45) is 2.37. The summed E-state index contributed by atoms with van der Waals surface area (Å²) in [4.78, 5) is 12.4. The maximum Gasteiger partial charge on any atom is 0.266 e. The van der Waals surface area contributed by atoms with E-state index in [1.807, 2.05) is 48.5 Å². The molecule has 0 aliphatic carbocycles. The molecule has 0 saturated heterocycles. The molecule has 0 radical (unpaired) electrons. The predicted molar refractivity (Wildman–Crippen MR) is 117 cm³/mol. The number of nitrogens with one attached hydrogen (secondary N) is 1. The molecule has 3 rings (SSSR count). The van der Waals surface area contributed by atoms with Crippen LogP contribution in [0.25, 0.3) is 6.08 Å². The van der Waals surface area contributed by atoms with Gasteiger partial charge in [0.15, 0.2) is 0 Å². The number of nitrogens with zero attached hydrogens (tertiary/aromatic N) is 1. The van der Waals surface area contributed by atoms with Gasteiger partial charge in [-0.05, 0) is 53.5 Å². The molecular weight excluding hydrogens is 436 g/mol. The van der Waals surface area contributed by atoms with Crippen molar-refractivity contribution in [2.45, 2.75) is 6.42 Å². The molecule has 3 nitrogen and oxygen atoms in total. The van der Waals surface area contributed by atoms with Gasteiger partial charge in [0.05, 0.1) is 0 Å². The fourth-order valence-electron chi connectivity index (χ4n) is 2.67. The lowest BCUT2D eigenvalue weighted by Crippen LogP contribution is -2.13. The molecule has 0 bridgehead atoms. The standard InChI is InChI=1S/C23H16BrClN2O/c24-22-7-2-1-4-18(22)12-16-8-10-17(11-9-16)13-19(15-26)23(28)27-21-6-3-5-20(25)14-21/h1-11,13-14H,12H2,(H,27,28)/b19-13+. The zero-order valence-electron chi connectivity index (χ0n) is 14.8. The highest BCUT2D eigenvalue weighted by atomic mass is 79.9. The lowest BCUT2D eigenvalue weighted by Gasteiger charge is -2.06. The highest BCUT2D eigenvalue weighted by Crippen LogP contribution is 2.20. The van der Waals surface area contributed by atoms with Crippen LogP contribution in [-0.4, -0.2) is 5.91 Å². The first-order valence-corrected chi connectivity index (χ1v) is 9.73. The Labute approximate surface area is 177 Å². The summed E-state index contributed by atoms with van der Waals surface area (Å²) >= 11 is 9.48. The van der Waals surface area contributed by atoms with E-state index >= 15 is 0 Å². The molecule has 0 atom stereocenters. The summed E-state index contributed by atoms with van der Waals surface area (Å²) < 4.78 is 1.07. The largest absolute Gasteiger partial charge is 0.321 e. The number of hydrogen-bond donors (Lipinski definition) is 1. The molecule has 0 aromatic heterocycles. The van der Waals surface area contributed by atoms with Gasteiger partial charge in [0.1, 0.15) is 11.6 Å². The summed E-state index contributed by atoms with van der Waals surface area (Å²) in [6.45, 7) is 0. The van der Waals surface area contributed by atoms with E-state index in [1.54, 1.807) is 30.3 Å². The highest BCUT2D eigenvalue weighted by Gasteiger charge is 2.10. The second-order valence-corrected chi connectivity index (χ2v) is 7.43. The van der Waals surface area contributed by atoms with Gasteiger partial charge >= 0.3 is 0 Å². The molecule has 0 fully saturated rings. The van der Waals surface area contributed by atoms with Crippen molar-refractivity contribution in [3.8, 4) is 6.07 Å². The molecule has 3 aromatic rings. The first kappa shape index (κ1) is 19.9. The lowest BCUT2D eigenvalue weighted by molar-refractivity contribution is -0.112. The maximum absolute atomic E-state index is 12.4. The molecule has 138 valence electrons. The van der Waals surface area contributed by atoms with Gasteiger partial charge in [-0.2, -0.15) is 5.26 Å². The van der Waals surface area contributed by atoms with Crippen molar-refractivity contribution >= 4 is 45.2 Å². The van der Waals surface area contributed by atoms with Crippen LogP contribution >= 0.6 is 27.5 Å². The number of nitriles is 1. The molecule has 1 N–H and O–H groups in total. The fourth-order valence-corrected chi connectivity index (χ4v) is 3.29. The quantitative estimate of drug-likeness (QED) is 0.369. The van der Waals surface area contributed by atoms with Crippen LogP contribution in [0.1, 0.15) is 16.7 Å². The Bertz CT molecular complexity index is 1070. The minimum atomic E-state index is -0.470. The van der Waals surface area contributed by atoms with Crippen molar-refractivity contribution in [2.24, 2.45) is 0 Å². The molecule has 0 aliphatic heterocycles. The minimum Gasteiger partial charge on any atom is -0.321 e. The number of halogens is 2. The Balaban J connectivity index is 1.73. The molecule has 0 spiro atoms. The van der Waals surface area contributed by atoms with E-state index in [0.717, 1.165) is 22.0 Å². The highest BCUT2D eigenvalue weighted by molar-refractivity contribution is 9.10. The second kappa shape index (κ2) is 9.36. The molecule has 1 amide bonds. The summed E-state index contributed by atoms with van der Waals surface area (Å²) in [6, 6.07) is 24.6. The van der Waals surface area contributed by atoms with E-state index < -0.39 is 5.91 Å². The molecule has 3 aromatic carbocycles. The van der Waals surface area contributed by atoms with Crippen molar-refractivity contribution in [1.82, 2.24) is 0 Å². The smallest absolute Gasteiger partial charge is 0.266 e. The van der Waals surface area contributed by atoms with Gasteiger partial charge in [-0.15, -0.1) is 0 Å². The average Bonchev–Trinajstić information content (AvgIpc) is 2.69. The molecule has 5 heteroatoms. The Morgan fingerprint density at radius 3 is 2.50 bits per heavy atom. The van der Waals surface area contributed by atoms with Crippen molar-refractivity contribution in [3.63, 3.8) is 0 Å². The molecule has 0 saturated carbocycles. The Morgan fingerprint density at radius 2 is 1.82 bits per heavy atom. The van der Waals surface area contributed by atoms with Crippen molar-refractivity contribution in [2.75, 3.05) is 5.32 Å². The third-order valence-corrected chi connectivity index (χ3v) is 5.10. The zero-order valence-corrected chi connectivity index (χ0v) is 17.2. The monoisotopic (exact) mass is 450 g/mol. The SMILES string of the molecule is N#C/C(=C\c1ccc(Cc2ccccc2Br)cc1)C(=O)Nc1cccc(Cl)c1. The average molecular weight is 452 g/mol. The van der Waals surface area contributed by atoms with E-state index in [4.69, 9.17) is 11.6 Å². The number of benzene rings is 3. The van der Waals surface area contributed by atoms with Gasteiger partial charge in [-0.3, -0.25) is 4.79 Å². The van der Waals surface area contributed by atoms with Crippen LogP contribution in [0, 0.1) is 11.3 Å². The zero-order chi connectivity index (χ0) is 19.9. The maximum atomic E-state index is 12.4. The number of anilines is 1. The van der Waals surface area contributed by atoms with Crippen molar-refractivity contribution < 1.29 is 4.79 Å². The topological polar surface area (TPSA) is 52.9 Å². The number of carbonyl (C=O) groups is 1. The van der Waals surface area contributed by atoms with Crippen LogP contribution in [-0.2, 0) is 11.2 Å². The normalized spacial score (nSPS) is 11.0. The Kier molecular flexibility index (Phi) is 6.65. The number of hydrogen-bond acceptors (Lipinski definition) is 2. The van der Waals surface area contributed by atoms with Crippen LogP contribution in [0.3, 0.4) is 0 Å². The van der Waals surface area contributed by atoms with Gasteiger partial charge in [-0.1, -0.05) is 76.1 Å². The van der Waals surface area contributed by atoms with E-state index in [-0.39, 0.29) is 5.57 Å². The third kappa shape index (κ3) is 5.32. The number of rotatable bonds is 5. The van der Waals surface area contributed by atoms with Gasteiger partial charge in [-0.25, -0.2) is 0 Å². The van der Waals surface area contributed by atoms with Crippen LogP contribution in [0.2, 0.25) is 5.02 Å². The minimum absolute atomic E-state index is 0.0264. The first-order chi connectivity index (χ1) is 13.5. The summed E-state index contributed by atoms with van der Waals surface area (Å²) in [5.74, 6) is -0.470. The van der Waals surface area contributed by atoms with E-state index in [1.165, 1.54) is 5.56 Å². The van der Waals surface area contributed by atoms with Crippen LogP contribution in [0.4, 0.5) is 5.69 Å². The number of amides is 1. The second-order valence-electron chi connectivity index (χ2n) is 6.14. The van der Waals surface area contributed by atoms with Crippen LogP contribution in [0.15, 0.2) is 82.8 Å². The lowest BCUT2D eigenvalue weighted by atomic mass is 10.0. The van der Waals surface area contributed by atoms with Gasteiger partial charge in [0, 0.05) is 15.2 Å². The first-order valence-electron chi connectivity index (χ1n) is 8.56. The third-order valence-electron chi connectivity index (χ3n) is 4.09. The molecule has 0 heterocycles. The van der Waals surface area contributed by atoms with Crippen LogP contribution < -0.4 is 5.32 Å². The predicted octanol–water partition coefficient (Wildman–Crippen LogP) is 6.24. The molecular formula is C23H16BrClN2O. The van der Waals surface area contributed by atoms with E-state index in [0.29, 0.717) is 10.7 Å². The van der Waals surface area contributed by atoms with Crippen molar-refractivity contribution in [1.29, 1.82) is 5.26 Å². The summed E-state index contributed by atoms with van der Waals surface area (Å²) in [7, 11) is 0. The van der Waals surface area contributed by atoms with E-state index in [9.17, 15) is 10.1 Å². The number of carbonyl (C=O) groups excluding carboxylic acids is 1. The van der Waals surface area contributed by atoms with Gasteiger partial charge in [0.2, 0.25) is 0 Å².